The summed E-state index contributed by atoms with van der Waals surface area (Å²) in [5.41, 5.74) is 1.32. The van der Waals surface area contributed by atoms with Crippen molar-refractivity contribution in [2.45, 2.75) is 0 Å². The maximum atomic E-state index is 8.64. The first-order chi connectivity index (χ1) is 5.42. The fourth-order valence-corrected chi connectivity index (χ4v) is 1.02. The van der Waals surface area contributed by atoms with Crippen molar-refractivity contribution in [1.82, 2.24) is 0 Å². The van der Waals surface area contributed by atoms with E-state index in [0.29, 0.717) is 11.1 Å². The third-order valence-electron chi connectivity index (χ3n) is 1.54. The Morgan fingerprint density at radius 3 is 3.18 bits per heavy atom. The molecule has 0 fully saturated rings. The van der Waals surface area contributed by atoms with Gasteiger partial charge in [-0.3, -0.25) is 0 Å². The lowest BCUT2D eigenvalue weighted by Crippen LogP contribution is -1.72. The molecule has 1 heterocycles. The van der Waals surface area contributed by atoms with Crippen LogP contribution in [0.15, 0.2) is 28.9 Å². The minimum absolute atomic E-state index is 0.608. The van der Waals surface area contributed by atoms with Crippen LogP contribution in [0.25, 0.3) is 11.0 Å². The number of fused-ring (bicyclic) bond motifs is 1. The van der Waals surface area contributed by atoms with Gasteiger partial charge in [0.05, 0.1) is 17.9 Å². The van der Waals surface area contributed by atoms with E-state index in [1.165, 1.54) is 6.26 Å². The number of hydrogen-bond acceptors (Lipinski definition) is 2. The molecule has 1 radical (unpaired) electrons. The van der Waals surface area contributed by atoms with Gasteiger partial charge in [-0.1, -0.05) is 6.07 Å². The van der Waals surface area contributed by atoms with E-state index >= 15 is 0 Å². The summed E-state index contributed by atoms with van der Waals surface area (Å²) in [6.45, 7) is 0. The topological polar surface area (TPSA) is 36.9 Å². The van der Waals surface area contributed by atoms with Crippen LogP contribution < -0.4 is 0 Å². The molecule has 0 amide bonds. The summed E-state index contributed by atoms with van der Waals surface area (Å²) in [4.78, 5) is 0. The fraction of sp³-hybridized carbons (Fsp3) is 0. The molecule has 2 nitrogen and oxygen atoms in total. The maximum Gasteiger partial charge on any atom is 0.135 e. The molecule has 11 heavy (non-hydrogen) atoms. The van der Waals surface area contributed by atoms with Crippen LogP contribution in [0, 0.1) is 17.4 Å². The Bertz CT molecular complexity index is 422. The standard InChI is InChI=1S/C9H4NO/c10-6-7-2-1-3-9-8(7)4-5-11-9/h1-3,5H. The average molecular weight is 142 g/mol. The Kier molecular flexibility index (Phi) is 1.16. The van der Waals surface area contributed by atoms with Gasteiger partial charge < -0.3 is 4.42 Å². The SMILES string of the molecule is N#Cc1cccc2oc[c]c12. The minimum atomic E-state index is 0.608. The lowest BCUT2D eigenvalue weighted by atomic mass is 10.1. The number of nitrogens with zero attached hydrogens (tertiary/aromatic N) is 1. The second-order valence-electron chi connectivity index (χ2n) is 2.17. The highest BCUT2D eigenvalue weighted by molar-refractivity contribution is 5.82. The third-order valence-corrected chi connectivity index (χ3v) is 1.54. The Morgan fingerprint density at radius 1 is 1.45 bits per heavy atom. The Morgan fingerprint density at radius 2 is 2.36 bits per heavy atom. The molecule has 51 valence electrons. The summed E-state index contributed by atoms with van der Waals surface area (Å²) in [5.74, 6) is 0. The fourth-order valence-electron chi connectivity index (χ4n) is 1.02. The molecule has 2 rings (SSSR count). The van der Waals surface area contributed by atoms with Crippen molar-refractivity contribution < 1.29 is 4.42 Å². The second kappa shape index (κ2) is 2.14. The first-order valence-corrected chi connectivity index (χ1v) is 3.20. The third kappa shape index (κ3) is 0.786. The predicted octanol–water partition coefficient (Wildman–Crippen LogP) is 2.10. The first kappa shape index (κ1) is 5.99. The maximum absolute atomic E-state index is 8.64. The average Bonchev–Trinajstić information content (AvgIpc) is 2.50. The van der Waals surface area contributed by atoms with Crippen LogP contribution in [0.5, 0.6) is 0 Å². The van der Waals surface area contributed by atoms with Crippen molar-refractivity contribution in [2.24, 2.45) is 0 Å². The molecule has 2 aromatic rings. The van der Waals surface area contributed by atoms with Crippen LogP contribution in [0.3, 0.4) is 0 Å². The quantitative estimate of drug-likeness (QED) is 0.564. The number of rotatable bonds is 0. The molecule has 0 atom stereocenters. The number of furan rings is 1. The minimum Gasteiger partial charge on any atom is -0.464 e. The van der Waals surface area contributed by atoms with Crippen LogP contribution in [0.1, 0.15) is 5.56 Å². The zero-order chi connectivity index (χ0) is 7.68. The van der Waals surface area contributed by atoms with Gasteiger partial charge in [0, 0.05) is 11.5 Å². The van der Waals surface area contributed by atoms with Gasteiger partial charge in [0.1, 0.15) is 5.58 Å². The van der Waals surface area contributed by atoms with Gasteiger partial charge in [-0.2, -0.15) is 5.26 Å². The van der Waals surface area contributed by atoms with E-state index < -0.39 is 0 Å². The predicted molar refractivity (Wildman–Crippen MR) is 39.8 cm³/mol. The van der Waals surface area contributed by atoms with E-state index in [1.54, 1.807) is 12.1 Å². The van der Waals surface area contributed by atoms with Crippen LogP contribution in [-0.4, -0.2) is 0 Å². The first-order valence-electron chi connectivity index (χ1n) is 3.20. The van der Waals surface area contributed by atoms with Crippen molar-refractivity contribution >= 4 is 11.0 Å². The summed E-state index contributed by atoms with van der Waals surface area (Å²) >= 11 is 0. The highest BCUT2D eigenvalue weighted by Crippen LogP contribution is 2.17. The molecule has 0 aliphatic carbocycles. The number of hydrogen-bond donors (Lipinski definition) is 0. The molecule has 0 saturated carbocycles. The molecular weight excluding hydrogens is 138 g/mol. The van der Waals surface area contributed by atoms with Crippen LogP contribution in [0.2, 0.25) is 0 Å². The van der Waals surface area contributed by atoms with E-state index in [2.05, 4.69) is 12.1 Å². The molecule has 0 bridgehead atoms. The molecule has 0 spiro atoms. The van der Waals surface area contributed by atoms with E-state index in [9.17, 15) is 0 Å². The summed E-state index contributed by atoms with van der Waals surface area (Å²) in [5, 5.41) is 9.40. The van der Waals surface area contributed by atoms with Gasteiger partial charge in [-0.15, -0.1) is 0 Å². The van der Waals surface area contributed by atoms with E-state index in [-0.39, 0.29) is 0 Å². The highest BCUT2D eigenvalue weighted by Gasteiger charge is 2.00. The van der Waals surface area contributed by atoms with Gasteiger partial charge in [0.2, 0.25) is 0 Å². The van der Waals surface area contributed by atoms with Crippen molar-refractivity contribution in [1.29, 1.82) is 5.26 Å². The molecule has 0 aliphatic heterocycles. The Labute approximate surface area is 63.7 Å². The Balaban J connectivity index is 2.92. The molecule has 0 N–H and O–H groups in total. The number of benzene rings is 1. The molecule has 2 heteroatoms. The summed E-state index contributed by atoms with van der Waals surface area (Å²) in [7, 11) is 0. The summed E-state index contributed by atoms with van der Waals surface area (Å²) in [6, 6.07) is 10.3. The van der Waals surface area contributed by atoms with E-state index in [4.69, 9.17) is 9.68 Å². The lowest BCUT2D eigenvalue weighted by molar-refractivity contribution is 0.615. The van der Waals surface area contributed by atoms with Crippen LogP contribution in [0.4, 0.5) is 0 Å². The zero-order valence-electron chi connectivity index (χ0n) is 5.66. The second-order valence-corrected chi connectivity index (χ2v) is 2.17. The van der Waals surface area contributed by atoms with Gasteiger partial charge >= 0.3 is 0 Å². The van der Waals surface area contributed by atoms with Crippen LogP contribution in [-0.2, 0) is 0 Å². The largest absolute Gasteiger partial charge is 0.464 e. The van der Waals surface area contributed by atoms with Gasteiger partial charge in [0.25, 0.3) is 0 Å². The van der Waals surface area contributed by atoms with Crippen molar-refractivity contribution in [2.75, 3.05) is 0 Å². The normalized spacial score (nSPS) is 9.73. The molecule has 1 aromatic heterocycles. The Hall–Kier alpha value is -1.75. The highest BCUT2D eigenvalue weighted by atomic mass is 16.3. The summed E-state index contributed by atoms with van der Waals surface area (Å²) in [6.07, 6.45) is 1.46. The van der Waals surface area contributed by atoms with Crippen molar-refractivity contribution in [3.63, 3.8) is 0 Å². The molecule has 0 saturated heterocycles. The van der Waals surface area contributed by atoms with Gasteiger partial charge in [-0.05, 0) is 12.1 Å². The van der Waals surface area contributed by atoms with E-state index in [0.717, 1.165) is 5.39 Å². The zero-order valence-corrected chi connectivity index (χ0v) is 5.66. The smallest absolute Gasteiger partial charge is 0.135 e. The monoisotopic (exact) mass is 142 g/mol. The van der Waals surface area contributed by atoms with Gasteiger partial charge in [-0.25, -0.2) is 0 Å². The van der Waals surface area contributed by atoms with Crippen molar-refractivity contribution in [3.05, 3.63) is 36.1 Å². The lowest BCUT2D eigenvalue weighted by Gasteiger charge is -1.87. The summed E-state index contributed by atoms with van der Waals surface area (Å²) < 4.78 is 5.05. The molecular formula is C9H4NO. The molecule has 1 aromatic carbocycles. The van der Waals surface area contributed by atoms with Crippen LogP contribution >= 0.6 is 0 Å². The van der Waals surface area contributed by atoms with Crippen molar-refractivity contribution in [3.8, 4) is 6.07 Å². The number of nitriles is 1. The molecule has 0 aliphatic rings. The van der Waals surface area contributed by atoms with Gasteiger partial charge in [0.15, 0.2) is 0 Å². The van der Waals surface area contributed by atoms with E-state index in [1.807, 2.05) is 6.07 Å². The molecule has 0 unspecified atom stereocenters.